The Kier molecular flexibility index (Phi) is 17.9. The number of hydrogen-bond acceptors (Lipinski definition) is 12. The molecule has 0 saturated carbocycles. The summed E-state index contributed by atoms with van der Waals surface area (Å²) in [5, 5.41) is 12.6. The highest BCUT2D eigenvalue weighted by Gasteiger charge is 2.48. The molecule has 652 valence electrons. The Bertz CT molecular complexity index is 8200. The van der Waals surface area contributed by atoms with E-state index in [2.05, 4.69) is 159 Å². The number of carbonyl (C=O) groups is 4. The van der Waals surface area contributed by atoms with Crippen molar-refractivity contribution < 1.29 is 57.1 Å². The van der Waals surface area contributed by atoms with Crippen molar-refractivity contribution in [1.29, 1.82) is 0 Å². The molecule has 1 atom stereocenters. The van der Waals surface area contributed by atoms with Crippen LogP contribution in [0.3, 0.4) is 0 Å². The van der Waals surface area contributed by atoms with Gasteiger partial charge in [-0.2, -0.15) is 0 Å². The Balaban J connectivity index is 0.605. The number of methoxy groups -OCH3 is 4. The van der Waals surface area contributed by atoms with Crippen molar-refractivity contribution in [2.75, 3.05) is 38.2 Å². The maximum Gasteiger partial charge on any atom is 0.266 e. The molecule has 0 N–H and O–H groups in total. The number of amides is 4. The largest absolute Gasteiger partial charge is 0.497 e. The highest BCUT2D eigenvalue weighted by atomic mass is 16.5. The minimum Gasteiger partial charge on any atom is -0.497 e. The minimum atomic E-state index is -0.430. The van der Waals surface area contributed by atoms with E-state index in [4.69, 9.17) is 37.9 Å². The van der Waals surface area contributed by atoms with Crippen molar-refractivity contribution in [2.24, 2.45) is 0 Å². The summed E-state index contributed by atoms with van der Waals surface area (Å²) in [5.41, 5.74) is 25.2. The number of anilines is 2. The number of hydrogen-bond donors (Lipinski definition) is 0. The smallest absolute Gasteiger partial charge is 0.266 e. The van der Waals surface area contributed by atoms with Crippen molar-refractivity contribution in [3.05, 3.63) is 338 Å². The van der Waals surface area contributed by atoms with Crippen LogP contribution in [0.2, 0.25) is 0 Å². The third-order valence-electron chi connectivity index (χ3n) is 29.2. The lowest BCUT2D eigenvalue weighted by molar-refractivity contribution is 0.0877. The third-order valence-corrected chi connectivity index (χ3v) is 29.2. The van der Waals surface area contributed by atoms with Crippen LogP contribution in [0.1, 0.15) is 200 Å². The molecule has 0 saturated heterocycles. The summed E-state index contributed by atoms with van der Waals surface area (Å²) >= 11 is 0. The second-order valence-electron chi connectivity index (χ2n) is 37.8. The van der Waals surface area contributed by atoms with Crippen LogP contribution in [-0.2, 0) is 12.8 Å². The van der Waals surface area contributed by atoms with Gasteiger partial charge in [-0.05, 0) is 349 Å². The van der Waals surface area contributed by atoms with Crippen LogP contribution in [-0.4, -0.2) is 52.1 Å². The summed E-state index contributed by atoms with van der Waals surface area (Å²) in [5.74, 6) is 4.79. The highest BCUT2D eigenvalue weighted by Crippen LogP contribution is 2.65. The molecule has 0 bridgehead atoms. The van der Waals surface area contributed by atoms with Crippen LogP contribution in [0.15, 0.2) is 249 Å². The molecule has 25 rings (SSSR count). The topological polar surface area (TPSA) is 149 Å². The Hall–Kier alpha value is -15.8. The lowest BCUT2D eigenvalue weighted by Gasteiger charge is -2.38. The number of fused-ring (bicyclic) bond motifs is 14. The Labute approximate surface area is 774 Å². The van der Waals surface area contributed by atoms with Crippen LogP contribution in [0.4, 0.5) is 11.4 Å². The number of benzene rings is 18. The molecule has 0 fully saturated rings. The standard InChI is InChI=1S/C120H90N2O12/c1-59(2)79-15-13-16-80(60(3)4)115(79)121-117(123)95-55-99(131-75-31-23-71(127-9)24-32-75)109-87-43-39-83-91-51-67-47-63-19-21-65-49-69-53-93-85-41-45-89-106-90(112-102(134-78-37-29-74(130-12)30-38-78)58-98-108-97(57-101(111(89)114(108)112)133-77-35-27-73(129-11)28-36-77)119(125)122(120(98)126)116-81(61(5)6)17-14-18-82(116)62(7)8)46-42-86(104(85)106)94(93)54-70(69)50-66(65)22-20-64(63)48-68(67)52-92(91)84-40-44-88(105(87)103(83)84)110-100(56-96(118(121)124)107(95)113(109)110)132-76-33-25-72(128-10)26-34-76/h13-19,21,23-44,46-62,89H,20,22,45H2,1-12H3. The maximum atomic E-state index is 16.1. The monoisotopic (exact) mass is 1750 g/mol. The fourth-order valence-corrected chi connectivity index (χ4v) is 23.0. The molecule has 2 heterocycles. The lowest BCUT2D eigenvalue weighted by Crippen LogP contribution is -2.42. The van der Waals surface area contributed by atoms with E-state index in [9.17, 15) is 0 Å². The molecule has 2 aliphatic heterocycles. The van der Waals surface area contributed by atoms with Crippen molar-refractivity contribution >= 4 is 128 Å². The predicted molar refractivity (Wildman–Crippen MR) is 536 cm³/mol. The zero-order valence-corrected chi connectivity index (χ0v) is 76.1. The van der Waals surface area contributed by atoms with E-state index in [-0.39, 0.29) is 29.6 Å². The summed E-state index contributed by atoms with van der Waals surface area (Å²) in [4.78, 5) is 67.2. The lowest BCUT2D eigenvalue weighted by atomic mass is 9.68. The van der Waals surface area contributed by atoms with Crippen molar-refractivity contribution in [1.82, 2.24) is 0 Å². The average Bonchev–Trinajstić information content (AvgIpc) is 1.27. The predicted octanol–water partition coefficient (Wildman–Crippen LogP) is 30.3. The molecular weight excluding hydrogens is 1660 g/mol. The normalized spacial score (nSPS) is 14.6. The molecule has 18 aromatic rings. The molecule has 7 aliphatic rings. The first-order valence-corrected chi connectivity index (χ1v) is 46.2. The molecule has 5 aliphatic carbocycles. The number of carbonyl (C=O) groups excluding carboxylic acids is 4. The van der Waals surface area contributed by atoms with E-state index in [1.54, 1.807) is 28.4 Å². The van der Waals surface area contributed by atoms with Gasteiger partial charge in [0, 0.05) is 49.4 Å². The van der Waals surface area contributed by atoms with E-state index in [1.807, 2.05) is 158 Å². The van der Waals surface area contributed by atoms with Crippen LogP contribution in [0, 0.1) is 0 Å². The highest BCUT2D eigenvalue weighted by molar-refractivity contribution is 6.46. The zero-order chi connectivity index (χ0) is 91.1. The first-order chi connectivity index (χ1) is 65.2. The Morgan fingerprint density at radius 3 is 1.04 bits per heavy atom. The van der Waals surface area contributed by atoms with Crippen molar-refractivity contribution in [3.63, 3.8) is 0 Å². The summed E-state index contributed by atoms with van der Waals surface area (Å²) in [6, 6.07) is 82.3. The van der Waals surface area contributed by atoms with Gasteiger partial charge >= 0.3 is 0 Å². The number of allylic oxidation sites excluding steroid dienone is 1. The average molecular weight is 1750 g/mol. The fraction of sp³-hybridized carbons (Fsp3) is 0.167. The van der Waals surface area contributed by atoms with Gasteiger partial charge in [0.1, 0.15) is 69.0 Å². The van der Waals surface area contributed by atoms with E-state index in [0.717, 1.165) is 150 Å². The second-order valence-corrected chi connectivity index (χ2v) is 37.8. The first kappa shape index (κ1) is 80.3. The fourth-order valence-electron chi connectivity index (χ4n) is 23.0. The van der Waals surface area contributed by atoms with Crippen LogP contribution in [0.25, 0.3) is 138 Å². The van der Waals surface area contributed by atoms with Gasteiger partial charge in [0.15, 0.2) is 0 Å². The van der Waals surface area contributed by atoms with Crippen molar-refractivity contribution in [2.45, 2.75) is 104 Å². The van der Waals surface area contributed by atoms with Gasteiger partial charge < -0.3 is 37.9 Å². The summed E-state index contributed by atoms with van der Waals surface area (Å²) in [7, 11) is 6.56. The van der Waals surface area contributed by atoms with Gasteiger partial charge in [0.25, 0.3) is 23.6 Å². The van der Waals surface area contributed by atoms with E-state index >= 15 is 19.2 Å². The van der Waals surface area contributed by atoms with Crippen molar-refractivity contribution in [3.8, 4) is 114 Å². The molecule has 134 heavy (non-hydrogen) atoms. The molecule has 0 radical (unpaired) electrons. The van der Waals surface area contributed by atoms with E-state index in [0.29, 0.717) is 125 Å². The van der Waals surface area contributed by atoms with Gasteiger partial charge in [-0.3, -0.25) is 19.2 Å². The summed E-state index contributed by atoms with van der Waals surface area (Å²) < 4.78 is 51.5. The van der Waals surface area contributed by atoms with Gasteiger partial charge in [-0.25, -0.2) is 9.80 Å². The molecule has 1 unspecified atom stereocenters. The van der Waals surface area contributed by atoms with Gasteiger partial charge in [0.2, 0.25) is 0 Å². The molecule has 14 heteroatoms. The summed E-state index contributed by atoms with van der Waals surface area (Å²) in [6.07, 6.45) is 9.26. The van der Waals surface area contributed by atoms with Crippen LogP contribution < -0.4 is 47.7 Å². The maximum absolute atomic E-state index is 16.1. The molecular formula is C120H90N2O12. The number of nitrogens with zero attached hydrogens (tertiary/aromatic N) is 2. The minimum absolute atomic E-state index is 0.0117. The van der Waals surface area contributed by atoms with Gasteiger partial charge in [0.05, 0.1) is 62.1 Å². The summed E-state index contributed by atoms with van der Waals surface area (Å²) in [6.45, 7) is 16.8. The number of rotatable bonds is 18. The quantitative estimate of drug-likeness (QED) is 0.0457. The molecule has 0 aromatic heterocycles. The van der Waals surface area contributed by atoms with Crippen LogP contribution in [0.5, 0.6) is 69.0 Å². The van der Waals surface area contributed by atoms with E-state index < -0.39 is 23.6 Å². The Morgan fingerprint density at radius 2 is 0.627 bits per heavy atom. The second kappa shape index (κ2) is 29.9. The molecule has 4 amide bonds. The van der Waals surface area contributed by atoms with Crippen LogP contribution >= 0.6 is 0 Å². The van der Waals surface area contributed by atoms with Gasteiger partial charge in [-0.1, -0.05) is 159 Å². The first-order valence-electron chi connectivity index (χ1n) is 46.2. The number of imide groups is 2. The number of ether oxygens (including phenoxy) is 8. The number of aryl methyl sites for hydroxylation is 2. The van der Waals surface area contributed by atoms with E-state index in [1.165, 1.54) is 48.8 Å². The SMILES string of the molecule is COc1ccc(Oc2cc3c4c(cc(Oc5ccc(OC)cc5)c5c4c2-c2ccc4c6c2C5CC=C6c2cc5cc6c(cc5cc2-4)CCc2cc4cc5c(cc4cc2C=C6)-c2ccc4c6c(Oc7ccc(OC)cc7)cc7c8c(cc(Oc9ccc(OC)cc9)c(c9ccc-5c2c49)c86)C(=O)N(c2c(C(C)C)cccc2C(C)C)C7=O)C(=O)N(c2c(C(C)C)cccc2C(C)C)C3=O)cc1. The third kappa shape index (κ3) is 11.8. The Morgan fingerprint density at radius 1 is 0.284 bits per heavy atom. The zero-order valence-electron chi connectivity index (χ0n) is 76.1. The molecule has 18 aromatic carbocycles. The molecule has 14 nitrogen and oxygen atoms in total. The van der Waals surface area contributed by atoms with Gasteiger partial charge in [-0.15, -0.1) is 0 Å². The number of para-hydroxylation sites is 2. The molecule has 0 spiro atoms.